The number of halogens is 5. The molecule has 0 radical (unpaired) electrons. The van der Waals surface area contributed by atoms with Gasteiger partial charge in [-0.05, 0) is 35.9 Å². The number of fused-ring (bicyclic) bond motifs is 1. The largest absolute Gasteiger partial charge is 0.478 e. The van der Waals surface area contributed by atoms with Crippen LogP contribution in [0.4, 0.5) is 23.2 Å². The van der Waals surface area contributed by atoms with Gasteiger partial charge in [0.25, 0.3) is 5.91 Å². The molecule has 0 bridgehead atoms. The SMILES string of the molecule is Cc1nc2cc(F)c(N(C)C(=O)c3cccc(-n4nc(C(F)(F)F)c(Cl)c4OCc4ccc(C(=O)O)cc4)c3)cc2o1. The number of amides is 1. The minimum Gasteiger partial charge on any atom is -0.478 e. The molecule has 2 heterocycles. The van der Waals surface area contributed by atoms with Crippen molar-refractivity contribution in [2.75, 3.05) is 11.9 Å². The third-order valence-corrected chi connectivity index (χ3v) is 6.54. The molecule has 14 heteroatoms. The first-order valence-electron chi connectivity index (χ1n) is 12.1. The Morgan fingerprint density at radius 1 is 1.10 bits per heavy atom. The molecule has 216 valence electrons. The van der Waals surface area contributed by atoms with Crippen LogP contribution < -0.4 is 9.64 Å². The van der Waals surface area contributed by atoms with Gasteiger partial charge in [0.15, 0.2) is 17.2 Å². The second-order valence-corrected chi connectivity index (χ2v) is 9.46. The Balaban J connectivity index is 1.48. The van der Waals surface area contributed by atoms with Crippen LogP contribution >= 0.6 is 11.6 Å². The molecular formula is C28H19ClF4N4O5. The number of aryl methyl sites for hydroxylation is 1. The Bertz CT molecular complexity index is 1830. The number of carboxylic acid groups (broad SMARTS) is 1. The second-order valence-electron chi connectivity index (χ2n) is 9.09. The van der Waals surface area contributed by atoms with E-state index in [1.54, 1.807) is 6.92 Å². The summed E-state index contributed by atoms with van der Waals surface area (Å²) in [5.74, 6) is -2.70. The maximum Gasteiger partial charge on any atom is 0.436 e. The van der Waals surface area contributed by atoms with E-state index in [2.05, 4.69) is 10.1 Å². The number of nitrogens with zero attached hydrogens (tertiary/aromatic N) is 4. The first kappa shape index (κ1) is 28.6. The van der Waals surface area contributed by atoms with Crippen molar-refractivity contribution in [2.45, 2.75) is 19.7 Å². The van der Waals surface area contributed by atoms with Crippen molar-refractivity contribution < 1.29 is 41.4 Å². The Morgan fingerprint density at radius 2 is 1.81 bits per heavy atom. The van der Waals surface area contributed by atoms with Crippen molar-refractivity contribution in [3.05, 3.63) is 99.8 Å². The molecule has 0 spiro atoms. The molecule has 1 amide bonds. The maximum absolute atomic E-state index is 14.8. The first-order valence-corrected chi connectivity index (χ1v) is 12.5. The van der Waals surface area contributed by atoms with Gasteiger partial charge in [0.05, 0.1) is 16.9 Å². The number of ether oxygens (including phenoxy) is 1. The number of hydrogen-bond acceptors (Lipinski definition) is 6. The van der Waals surface area contributed by atoms with Gasteiger partial charge in [-0.1, -0.05) is 29.8 Å². The normalized spacial score (nSPS) is 11.6. The third-order valence-electron chi connectivity index (χ3n) is 6.20. The van der Waals surface area contributed by atoms with Gasteiger partial charge in [-0.3, -0.25) is 4.79 Å². The Morgan fingerprint density at radius 3 is 2.48 bits per heavy atom. The summed E-state index contributed by atoms with van der Waals surface area (Å²) in [6, 6.07) is 13.4. The number of oxazole rings is 1. The van der Waals surface area contributed by atoms with Crippen LogP contribution in [-0.2, 0) is 12.8 Å². The topological polar surface area (TPSA) is 111 Å². The van der Waals surface area contributed by atoms with Crippen LogP contribution in [0.2, 0.25) is 5.02 Å². The minimum absolute atomic E-state index is 0.00126. The highest BCUT2D eigenvalue weighted by Crippen LogP contribution is 2.40. The van der Waals surface area contributed by atoms with Crippen LogP contribution in [0.3, 0.4) is 0 Å². The fraction of sp³-hybridized carbons (Fsp3) is 0.143. The van der Waals surface area contributed by atoms with Crippen LogP contribution in [0.15, 0.2) is 65.1 Å². The molecule has 0 aliphatic carbocycles. The van der Waals surface area contributed by atoms with Crippen molar-refractivity contribution in [3.63, 3.8) is 0 Å². The Hall–Kier alpha value is -4.91. The predicted molar refractivity (Wildman–Crippen MR) is 143 cm³/mol. The summed E-state index contributed by atoms with van der Waals surface area (Å²) in [6.45, 7) is 1.32. The molecule has 5 aromatic rings. The molecule has 0 saturated heterocycles. The van der Waals surface area contributed by atoms with E-state index in [-0.39, 0.29) is 40.2 Å². The minimum atomic E-state index is -4.92. The zero-order valence-electron chi connectivity index (χ0n) is 21.7. The lowest BCUT2D eigenvalue weighted by Crippen LogP contribution is -2.27. The highest BCUT2D eigenvalue weighted by Gasteiger charge is 2.40. The number of carbonyl (C=O) groups excluding carboxylic acids is 1. The van der Waals surface area contributed by atoms with Gasteiger partial charge in [-0.2, -0.15) is 23.0 Å². The Labute approximate surface area is 239 Å². The smallest absolute Gasteiger partial charge is 0.436 e. The molecule has 2 aromatic heterocycles. The summed E-state index contributed by atoms with van der Waals surface area (Å²) in [6.07, 6.45) is -4.92. The van der Waals surface area contributed by atoms with Crippen LogP contribution in [-0.4, -0.2) is 38.8 Å². The number of anilines is 1. The molecule has 5 rings (SSSR count). The fourth-order valence-corrected chi connectivity index (χ4v) is 4.42. The quantitative estimate of drug-likeness (QED) is 0.207. The van der Waals surface area contributed by atoms with Crippen LogP contribution in [0.1, 0.15) is 37.9 Å². The van der Waals surface area contributed by atoms with E-state index in [1.807, 2.05) is 0 Å². The number of benzene rings is 3. The molecule has 0 aliphatic heterocycles. The molecule has 0 fully saturated rings. The summed E-state index contributed by atoms with van der Waals surface area (Å²) < 4.78 is 67.8. The highest BCUT2D eigenvalue weighted by atomic mass is 35.5. The van der Waals surface area contributed by atoms with Crippen molar-refractivity contribution in [1.29, 1.82) is 0 Å². The molecule has 0 saturated carbocycles. The average Bonchev–Trinajstić information content (AvgIpc) is 3.48. The van der Waals surface area contributed by atoms with Crippen LogP contribution in [0, 0.1) is 12.7 Å². The molecular weight excluding hydrogens is 584 g/mol. The second kappa shape index (κ2) is 10.8. The van der Waals surface area contributed by atoms with Gasteiger partial charge >= 0.3 is 12.1 Å². The van der Waals surface area contributed by atoms with Crippen molar-refractivity contribution in [2.24, 2.45) is 0 Å². The van der Waals surface area contributed by atoms with E-state index >= 15 is 0 Å². The number of hydrogen-bond donors (Lipinski definition) is 1. The summed E-state index contributed by atoms with van der Waals surface area (Å²) in [4.78, 5) is 29.5. The van der Waals surface area contributed by atoms with Crippen LogP contribution in [0.25, 0.3) is 16.8 Å². The average molecular weight is 603 g/mol. The van der Waals surface area contributed by atoms with Gasteiger partial charge in [-0.25, -0.2) is 14.2 Å². The summed E-state index contributed by atoms with van der Waals surface area (Å²) >= 11 is 6.06. The summed E-state index contributed by atoms with van der Waals surface area (Å²) in [7, 11) is 1.33. The number of carbonyl (C=O) groups is 2. The number of alkyl halides is 3. The van der Waals surface area contributed by atoms with Crippen molar-refractivity contribution in [1.82, 2.24) is 14.8 Å². The van der Waals surface area contributed by atoms with Gasteiger partial charge in [0.1, 0.15) is 23.0 Å². The van der Waals surface area contributed by atoms with E-state index in [4.69, 9.17) is 25.9 Å². The molecule has 1 N–H and O–H groups in total. The number of carboxylic acids is 1. The number of aromatic nitrogens is 3. The monoisotopic (exact) mass is 602 g/mol. The lowest BCUT2D eigenvalue weighted by atomic mass is 10.1. The molecule has 9 nitrogen and oxygen atoms in total. The summed E-state index contributed by atoms with van der Waals surface area (Å²) in [5.41, 5.74) is -0.503. The number of rotatable bonds is 7. The zero-order chi connectivity index (χ0) is 30.3. The highest BCUT2D eigenvalue weighted by molar-refractivity contribution is 6.32. The standard InChI is InChI=1S/C28H19ClF4N4O5/c1-14-34-20-11-19(30)21(12-22(20)42-14)36(2)25(38)17-4-3-5-18(10-17)37-26(23(29)24(35-37)28(31,32)33)41-13-15-6-8-16(9-7-15)27(39)40/h3-12H,13H2,1-2H3,(H,39,40). The molecule has 3 aromatic carbocycles. The van der Waals surface area contributed by atoms with Crippen molar-refractivity contribution in [3.8, 4) is 11.6 Å². The Kier molecular flexibility index (Phi) is 7.37. The fourth-order valence-electron chi connectivity index (χ4n) is 4.14. The van der Waals surface area contributed by atoms with E-state index in [0.29, 0.717) is 11.5 Å². The molecule has 0 aliphatic rings. The maximum atomic E-state index is 14.8. The van der Waals surface area contributed by atoms with E-state index in [1.165, 1.54) is 61.6 Å². The first-order chi connectivity index (χ1) is 19.8. The van der Waals surface area contributed by atoms with Crippen molar-refractivity contribution >= 4 is 40.3 Å². The zero-order valence-corrected chi connectivity index (χ0v) is 22.5. The van der Waals surface area contributed by atoms with Gasteiger partial charge in [0, 0.05) is 31.7 Å². The number of aromatic carboxylic acids is 1. The van der Waals surface area contributed by atoms with Gasteiger partial charge in [0.2, 0.25) is 5.88 Å². The van der Waals surface area contributed by atoms with Gasteiger partial charge < -0.3 is 19.2 Å². The lowest BCUT2D eigenvalue weighted by molar-refractivity contribution is -0.141. The molecule has 42 heavy (non-hydrogen) atoms. The van der Waals surface area contributed by atoms with E-state index in [0.717, 1.165) is 15.6 Å². The van der Waals surface area contributed by atoms with Gasteiger partial charge in [-0.15, -0.1) is 0 Å². The van der Waals surface area contributed by atoms with E-state index < -0.39 is 40.5 Å². The predicted octanol–water partition coefficient (Wildman–Crippen LogP) is 6.69. The summed E-state index contributed by atoms with van der Waals surface area (Å²) in [5, 5.41) is 11.9. The molecule has 0 unspecified atom stereocenters. The van der Waals surface area contributed by atoms with E-state index in [9.17, 15) is 27.2 Å². The lowest BCUT2D eigenvalue weighted by Gasteiger charge is -2.18. The molecule has 0 atom stereocenters. The third kappa shape index (κ3) is 5.50. The van der Waals surface area contributed by atoms with Crippen LogP contribution in [0.5, 0.6) is 5.88 Å².